The first-order valence-electron chi connectivity index (χ1n) is 5.12. The molecule has 0 spiro atoms. The molecule has 0 aromatic heterocycles. The van der Waals surface area contributed by atoms with Gasteiger partial charge in [-0.05, 0) is 31.7 Å². The van der Waals surface area contributed by atoms with Gasteiger partial charge in [0.2, 0.25) is 0 Å². The van der Waals surface area contributed by atoms with E-state index in [1.165, 1.54) is 12.8 Å². The molecule has 0 radical (unpaired) electrons. The first-order chi connectivity index (χ1) is 5.76. The molecule has 2 nitrogen and oxygen atoms in total. The highest BCUT2D eigenvalue weighted by Crippen LogP contribution is 2.35. The minimum absolute atomic E-state index is 0.0649. The average molecular weight is 171 g/mol. The van der Waals surface area contributed by atoms with E-state index in [1.54, 1.807) is 0 Å². The third-order valence-electron chi connectivity index (χ3n) is 3.14. The monoisotopic (exact) mass is 171 g/mol. The minimum Gasteiger partial charge on any atom is -0.394 e. The van der Waals surface area contributed by atoms with E-state index >= 15 is 0 Å². The number of rotatable bonds is 4. The Morgan fingerprint density at radius 2 is 2.25 bits per heavy atom. The van der Waals surface area contributed by atoms with Gasteiger partial charge in [0.05, 0.1) is 6.61 Å². The number of aliphatic hydroxyl groups is 1. The van der Waals surface area contributed by atoms with E-state index in [2.05, 4.69) is 19.2 Å². The minimum atomic E-state index is 0.0649. The zero-order valence-corrected chi connectivity index (χ0v) is 8.27. The molecule has 0 aliphatic heterocycles. The fourth-order valence-electron chi connectivity index (χ4n) is 2.32. The van der Waals surface area contributed by atoms with Crippen LogP contribution in [0.2, 0.25) is 0 Å². The van der Waals surface area contributed by atoms with Gasteiger partial charge in [-0.1, -0.05) is 20.3 Å². The van der Waals surface area contributed by atoms with Gasteiger partial charge < -0.3 is 10.4 Å². The van der Waals surface area contributed by atoms with Crippen molar-refractivity contribution >= 4 is 0 Å². The van der Waals surface area contributed by atoms with E-state index in [1.807, 2.05) is 0 Å². The Bertz CT molecular complexity index is 138. The maximum Gasteiger partial charge on any atom is 0.0613 e. The molecule has 0 saturated heterocycles. The van der Waals surface area contributed by atoms with Crippen molar-refractivity contribution in [3.63, 3.8) is 0 Å². The lowest BCUT2D eigenvalue weighted by Gasteiger charge is -2.28. The largest absolute Gasteiger partial charge is 0.394 e. The second-order valence-corrected chi connectivity index (χ2v) is 3.99. The SMILES string of the molecule is CCNC1(CO)CCC(CC)C1. The van der Waals surface area contributed by atoms with Gasteiger partial charge in [0.15, 0.2) is 0 Å². The van der Waals surface area contributed by atoms with Gasteiger partial charge in [0.1, 0.15) is 0 Å². The van der Waals surface area contributed by atoms with Crippen LogP contribution < -0.4 is 5.32 Å². The molecule has 2 N–H and O–H groups in total. The van der Waals surface area contributed by atoms with Crippen LogP contribution in [-0.4, -0.2) is 23.8 Å². The van der Waals surface area contributed by atoms with Crippen molar-refractivity contribution in [1.29, 1.82) is 0 Å². The average Bonchev–Trinajstić information content (AvgIpc) is 2.50. The van der Waals surface area contributed by atoms with Crippen molar-refractivity contribution in [3.8, 4) is 0 Å². The summed E-state index contributed by atoms with van der Waals surface area (Å²) >= 11 is 0. The van der Waals surface area contributed by atoms with E-state index in [-0.39, 0.29) is 5.54 Å². The van der Waals surface area contributed by atoms with Crippen LogP contribution in [0.1, 0.15) is 39.5 Å². The molecule has 2 unspecified atom stereocenters. The summed E-state index contributed by atoms with van der Waals surface area (Å²) in [5.74, 6) is 0.830. The van der Waals surface area contributed by atoms with Crippen molar-refractivity contribution in [1.82, 2.24) is 5.32 Å². The lowest BCUT2D eigenvalue weighted by molar-refractivity contribution is 0.162. The molecule has 0 aromatic rings. The van der Waals surface area contributed by atoms with Gasteiger partial charge in [0.25, 0.3) is 0 Å². The number of nitrogens with one attached hydrogen (secondary N) is 1. The third-order valence-corrected chi connectivity index (χ3v) is 3.14. The van der Waals surface area contributed by atoms with Crippen LogP contribution in [0, 0.1) is 5.92 Å². The van der Waals surface area contributed by atoms with Crippen molar-refractivity contribution in [2.24, 2.45) is 5.92 Å². The Morgan fingerprint density at radius 3 is 2.67 bits per heavy atom. The van der Waals surface area contributed by atoms with Crippen molar-refractivity contribution in [2.45, 2.75) is 45.1 Å². The molecule has 2 heteroatoms. The second kappa shape index (κ2) is 4.24. The molecule has 0 aromatic carbocycles. The van der Waals surface area contributed by atoms with Crippen LogP contribution in [0.5, 0.6) is 0 Å². The molecule has 1 aliphatic carbocycles. The van der Waals surface area contributed by atoms with Gasteiger partial charge in [-0.2, -0.15) is 0 Å². The summed E-state index contributed by atoms with van der Waals surface area (Å²) in [6.07, 6.45) is 4.85. The van der Waals surface area contributed by atoms with Gasteiger partial charge in [-0.3, -0.25) is 0 Å². The molecule has 0 bridgehead atoms. The Morgan fingerprint density at radius 1 is 1.50 bits per heavy atom. The Kier molecular flexibility index (Phi) is 3.53. The molecular weight excluding hydrogens is 150 g/mol. The highest BCUT2D eigenvalue weighted by Gasteiger charge is 2.36. The van der Waals surface area contributed by atoms with Crippen LogP contribution in [0.3, 0.4) is 0 Å². The molecule has 1 saturated carbocycles. The number of hydrogen-bond acceptors (Lipinski definition) is 2. The van der Waals surface area contributed by atoms with Crippen LogP contribution in [0.25, 0.3) is 0 Å². The maximum absolute atomic E-state index is 9.30. The summed E-state index contributed by atoms with van der Waals surface area (Å²) in [6.45, 7) is 5.62. The number of aliphatic hydroxyl groups excluding tert-OH is 1. The standard InChI is InChI=1S/C10H21NO/c1-3-9-5-6-10(7-9,8-12)11-4-2/h9,11-12H,3-8H2,1-2H3. The molecule has 1 fully saturated rings. The summed E-state index contributed by atoms with van der Waals surface area (Å²) < 4.78 is 0. The first kappa shape index (κ1) is 10.0. The molecule has 72 valence electrons. The topological polar surface area (TPSA) is 32.3 Å². The van der Waals surface area contributed by atoms with Crippen LogP contribution in [0.15, 0.2) is 0 Å². The predicted molar refractivity (Wildman–Crippen MR) is 51.1 cm³/mol. The Balaban J connectivity index is 2.47. The number of hydrogen-bond donors (Lipinski definition) is 2. The molecule has 0 amide bonds. The Hall–Kier alpha value is -0.0800. The molecule has 1 aliphatic rings. The van der Waals surface area contributed by atoms with Gasteiger partial charge in [0, 0.05) is 5.54 Å². The predicted octanol–water partition coefficient (Wildman–Crippen LogP) is 1.54. The summed E-state index contributed by atoms with van der Waals surface area (Å²) in [5, 5.41) is 12.7. The highest BCUT2D eigenvalue weighted by atomic mass is 16.3. The molecule has 1 rings (SSSR count). The van der Waals surface area contributed by atoms with Crippen molar-refractivity contribution in [3.05, 3.63) is 0 Å². The third kappa shape index (κ3) is 1.99. The maximum atomic E-state index is 9.30. The van der Waals surface area contributed by atoms with Crippen molar-refractivity contribution in [2.75, 3.05) is 13.2 Å². The van der Waals surface area contributed by atoms with E-state index < -0.39 is 0 Å². The van der Waals surface area contributed by atoms with Crippen LogP contribution >= 0.6 is 0 Å². The van der Waals surface area contributed by atoms with E-state index in [0.29, 0.717) is 6.61 Å². The van der Waals surface area contributed by atoms with E-state index in [4.69, 9.17) is 0 Å². The first-order valence-corrected chi connectivity index (χ1v) is 5.12. The smallest absolute Gasteiger partial charge is 0.0613 e. The Labute approximate surface area is 75.4 Å². The van der Waals surface area contributed by atoms with Crippen LogP contribution in [-0.2, 0) is 0 Å². The summed E-state index contributed by atoms with van der Waals surface area (Å²) in [7, 11) is 0. The molecule has 0 heterocycles. The lowest BCUT2D eigenvalue weighted by Crippen LogP contribution is -2.46. The van der Waals surface area contributed by atoms with Gasteiger partial charge in [-0.25, -0.2) is 0 Å². The quantitative estimate of drug-likeness (QED) is 0.672. The molecular formula is C10H21NO. The van der Waals surface area contributed by atoms with E-state index in [9.17, 15) is 5.11 Å². The van der Waals surface area contributed by atoms with Gasteiger partial charge in [-0.15, -0.1) is 0 Å². The summed E-state index contributed by atoms with van der Waals surface area (Å²) in [6, 6.07) is 0. The summed E-state index contributed by atoms with van der Waals surface area (Å²) in [5.41, 5.74) is 0.0649. The lowest BCUT2D eigenvalue weighted by atomic mass is 9.96. The fraction of sp³-hybridized carbons (Fsp3) is 1.00. The molecule has 2 atom stereocenters. The van der Waals surface area contributed by atoms with E-state index in [0.717, 1.165) is 25.3 Å². The van der Waals surface area contributed by atoms with Crippen molar-refractivity contribution < 1.29 is 5.11 Å². The number of likely N-dealkylation sites (N-methyl/N-ethyl adjacent to an activating group) is 1. The normalized spacial score (nSPS) is 35.8. The van der Waals surface area contributed by atoms with Gasteiger partial charge >= 0.3 is 0 Å². The fourth-order valence-corrected chi connectivity index (χ4v) is 2.32. The highest BCUT2D eigenvalue weighted by molar-refractivity contribution is 4.95. The van der Waals surface area contributed by atoms with Crippen LogP contribution in [0.4, 0.5) is 0 Å². The molecule has 12 heavy (non-hydrogen) atoms. The summed E-state index contributed by atoms with van der Waals surface area (Å²) in [4.78, 5) is 0. The second-order valence-electron chi connectivity index (χ2n) is 3.99. The zero-order valence-electron chi connectivity index (χ0n) is 8.27. The zero-order chi connectivity index (χ0) is 9.03.